The normalized spacial score (nSPS) is 6.60. The zero-order valence-corrected chi connectivity index (χ0v) is 2.23. The van der Waals surface area contributed by atoms with E-state index in [9.17, 15) is 4.48 Å². The zero-order valence-electron chi connectivity index (χ0n) is 2.23. The van der Waals surface area contributed by atoms with Crippen LogP contribution in [0.25, 0.3) is 0 Å². The molecule has 0 fully saturated rings. The summed E-state index contributed by atoms with van der Waals surface area (Å²) >= 11 is 0. The van der Waals surface area contributed by atoms with Gasteiger partial charge >= 0.3 is 6.09 Å². The van der Waals surface area contributed by atoms with Gasteiger partial charge in [0.25, 0.3) is 0 Å². The summed E-state index contributed by atoms with van der Waals surface area (Å²) in [5.74, 6) is 0. The van der Waals surface area contributed by atoms with Crippen molar-refractivity contribution in [1.29, 1.82) is 0 Å². The van der Waals surface area contributed by atoms with Gasteiger partial charge in [-0.25, -0.2) is 4.79 Å². The third kappa shape index (κ3) is 3.20. The van der Waals surface area contributed by atoms with Crippen LogP contribution < -0.4 is 5.54 Å². The first-order valence-corrected chi connectivity index (χ1v) is 0.867. The molecule has 0 aliphatic rings. The lowest BCUT2D eigenvalue weighted by atomic mass is 11.3. The summed E-state index contributed by atoms with van der Waals surface area (Å²) in [5, 5.41) is 7.24. The molecule has 0 aliphatic heterocycles. The summed E-state index contributed by atoms with van der Waals surface area (Å²) in [7, 11) is 0. The van der Waals surface area contributed by atoms with Crippen LogP contribution in [0.3, 0.4) is 0 Å². The first-order valence-electron chi connectivity index (χ1n) is 0.867. The quantitative estimate of drug-likeness (QED) is 0.406. The van der Waals surface area contributed by atoms with Crippen molar-refractivity contribution in [1.82, 2.24) is 5.54 Å². The van der Waals surface area contributed by atoms with Crippen LogP contribution in [0.4, 0.5) is 9.28 Å². The molecule has 5 heavy (non-hydrogen) atoms. The van der Waals surface area contributed by atoms with Gasteiger partial charge in [0, 0.05) is 0 Å². The lowest BCUT2D eigenvalue weighted by molar-refractivity contribution is 0.168. The number of halogens is 1. The fourth-order valence-corrected chi connectivity index (χ4v) is 0. The standard InChI is InChI=1S/CH2FNO2/c2-3-1(4)5/h3H,(H,4,5). The number of amides is 1. The van der Waals surface area contributed by atoms with E-state index in [2.05, 4.69) is 0 Å². The second-order valence-electron chi connectivity index (χ2n) is 0.400. The highest BCUT2D eigenvalue weighted by Gasteiger charge is 1.81. The van der Waals surface area contributed by atoms with Crippen molar-refractivity contribution in [3.05, 3.63) is 0 Å². The Morgan fingerprint density at radius 1 is 2.00 bits per heavy atom. The monoisotopic (exact) mass is 79.0 g/mol. The summed E-state index contributed by atoms with van der Waals surface area (Å²) in [6.45, 7) is 0. The first kappa shape index (κ1) is 4.20. The average molecular weight is 79.0 g/mol. The maximum atomic E-state index is 10.3. The van der Waals surface area contributed by atoms with Crippen LogP contribution in [0, 0.1) is 0 Å². The van der Waals surface area contributed by atoms with E-state index >= 15 is 0 Å². The Balaban J connectivity index is 2.85. The molecule has 0 aromatic carbocycles. The summed E-state index contributed by atoms with van der Waals surface area (Å²) in [6, 6.07) is 0. The van der Waals surface area contributed by atoms with Crippen molar-refractivity contribution >= 4 is 6.09 Å². The summed E-state index contributed by atoms with van der Waals surface area (Å²) in [6.07, 6.45) is -1.66. The molecule has 0 heterocycles. The minimum atomic E-state index is -1.66. The number of hydrogen-bond acceptors (Lipinski definition) is 1. The van der Waals surface area contributed by atoms with E-state index in [0.717, 1.165) is 0 Å². The van der Waals surface area contributed by atoms with Gasteiger partial charge in [-0.05, 0) is 0 Å². The van der Waals surface area contributed by atoms with Gasteiger partial charge in [0.2, 0.25) is 0 Å². The van der Waals surface area contributed by atoms with E-state index in [1.165, 1.54) is 0 Å². The molecule has 3 nitrogen and oxygen atoms in total. The number of carboxylic acid groups (broad SMARTS) is 1. The van der Waals surface area contributed by atoms with E-state index in [1.807, 2.05) is 0 Å². The van der Waals surface area contributed by atoms with E-state index in [4.69, 9.17) is 9.90 Å². The van der Waals surface area contributed by atoms with Crippen LogP contribution in [0.5, 0.6) is 0 Å². The predicted octanol–water partition coefficient (Wildman–Crippen LogP) is 0.138. The number of hydrogen-bond donors (Lipinski definition) is 2. The topological polar surface area (TPSA) is 49.3 Å². The van der Waals surface area contributed by atoms with Gasteiger partial charge in [0.1, 0.15) is 0 Å². The Morgan fingerprint density at radius 2 is 2.20 bits per heavy atom. The minimum absolute atomic E-state index is 0.444. The van der Waals surface area contributed by atoms with Crippen LogP contribution in [0.2, 0.25) is 0 Å². The molecule has 0 aromatic rings. The Hall–Kier alpha value is -0.800. The van der Waals surface area contributed by atoms with Gasteiger partial charge in [-0.2, -0.15) is 5.54 Å². The molecule has 0 saturated carbocycles. The minimum Gasteiger partial charge on any atom is -0.463 e. The van der Waals surface area contributed by atoms with E-state index in [0.29, 0.717) is 5.54 Å². The van der Waals surface area contributed by atoms with Gasteiger partial charge in [0.05, 0.1) is 0 Å². The van der Waals surface area contributed by atoms with Crippen molar-refractivity contribution in [2.45, 2.75) is 0 Å². The molecule has 2 N–H and O–H groups in total. The highest BCUT2D eigenvalue weighted by atomic mass is 19.2. The van der Waals surface area contributed by atoms with Gasteiger partial charge < -0.3 is 5.11 Å². The second kappa shape index (κ2) is 1.51. The SMILES string of the molecule is O=C(O)NF. The highest BCUT2D eigenvalue weighted by Crippen LogP contribution is 1.52. The van der Waals surface area contributed by atoms with E-state index < -0.39 is 6.09 Å². The van der Waals surface area contributed by atoms with Crippen molar-refractivity contribution in [3.63, 3.8) is 0 Å². The highest BCUT2D eigenvalue weighted by molar-refractivity contribution is 5.62. The predicted molar refractivity (Wildman–Crippen MR) is 12.3 cm³/mol. The van der Waals surface area contributed by atoms with Gasteiger partial charge in [-0.1, -0.05) is 4.48 Å². The molecular weight excluding hydrogens is 77.0 g/mol. The van der Waals surface area contributed by atoms with Crippen LogP contribution in [-0.4, -0.2) is 11.2 Å². The van der Waals surface area contributed by atoms with Crippen molar-refractivity contribution < 1.29 is 14.4 Å². The lowest BCUT2D eigenvalue weighted by Crippen LogP contribution is -2.07. The van der Waals surface area contributed by atoms with Crippen molar-refractivity contribution in [2.24, 2.45) is 0 Å². The molecule has 0 aromatic heterocycles. The number of carbonyl (C=O) groups is 1. The third-order valence-corrected chi connectivity index (χ3v) is 0.0808. The molecule has 0 saturated heterocycles. The van der Waals surface area contributed by atoms with Crippen molar-refractivity contribution in [3.8, 4) is 0 Å². The fraction of sp³-hybridized carbons (Fsp3) is 0. The summed E-state index contributed by atoms with van der Waals surface area (Å²) < 4.78 is 10.3. The zero-order chi connectivity index (χ0) is 4.28. The molecule has 0 aliphatic carbocycles. The average Bonchev–Trinajstić information content (AvgIpc) is 1.38. The summed E-state index contributed by atoms with van der Waals surface area (Å²) in [5.41, 5.74) is 0.444. The molecule has 0 atom stereocenters. The maximum Gasteiger partial charge on any atom is 0.433 e. The van der Waals surface area contributed by atoms with Crippen LogP contribution in [0.15, 0.2) is 0 Å². The molecule has 0 unspecified atom stereocenters. The largest absolute Gasteiger partial charge is 0.463 e. The number of rotatable bonds is 0. The fourth-order valence-electron chi connectivity index (χ4n) is 0. The molecule has 1 amide bonds. The molecule has 0 spiro atoms. The van der Waals surface area contributed by atoms with Crippen molar-refractivity contribution in [2.75, 3.05) is 0 Å². The van der Waals surface area contributed by atoms with Gasteiger partial charge in [-0.3, -0.25) is 0 Å². The smallest absolute Gasteiger partial charge is 0.433 e. The second-order valence-corrected chi connectivity index (χ2v) is 0.400. The molecular formula is CH2FNO2. The van der Waals surface area contributed by atoms with Crippen LogP contribution in [0.1, 0.15) is 0 Å². The van der Waals surface area contributed by atoms with Gasteiger partial charge in [0.15, 0.2) is 0 Å². The molecule has 0 rings (SSSR count). The van der Waals surface area contributed by atoms with E-state index in [-0.39, 0.29) is 0 Å². The Morgan fingerprint density at radius 3 is 2.20 bits per heavy atom. The molecule has 4 heteroatoms. The Bertz CT molecular complexity index is 44.9. The van der Waals surface area contributed by atoms with E-state index in [1.54, 1.807) is 0 Å². The van der Waals surface area contributed by atoms with Crippen LogP contribution >= 0.6 is 0 Å². The maximum absolute atomic E-state index is 10.3. The summed E-state index contributed by atoms with van der Waals surface area (Å²) in [4.78, 5) is 8.88. The first-order chi connectivity index (χ1) is 2.27. The molecule has 0 radical (unpaired) electrons. The Kier molecular flexibility index (Phi) is 1.27. The Labute approximate surface area is 27.3 Å². The van der Waals surface area contributed by atoms with Gasteiger partial charge in [-0.15, -0.1) is 0 Å². The lowest BCUT2D eigenvalue weighted by Gasteiger charge is -1.73. The molecule has 0 bridgehead atoms. The molecule has 30 valence electrons. The third-order valence-electron chi connectivity index (χ3n) is 0.0808. The van der Waals surface area contributed by atoms with Crippen LogP contribution in [-0.2, 0) is 0 Å². The number of nitrogens with one attached hydrogen (secondary N) is 1.